The SMILES string of the molecule is C1=CCC(C2=C(N(c3ccccc3)c3ccccc3)C(C3C=CCCC3)=CC(C3=NC(C4C=CC=CC4)N=C(c4ccccc4)N3)C2)C=C1. The van der Waals surface area contributed by atoms with Gasteiger partial charge in [0, 0.05) is 46.3 Å². The third-order valence-electron chi connectivity index (χ3n) is 10.3. The number of hydrogen-bond donors (Lipinski definition) is 1. The van der Waals surface area contributed by atoms with Crippen LogP contribution in [0.4, 0.5) is 11.4 Å². The molecule has 0 fully saturated rings. The van der Waals surface area contributed by atoms with Gasteiger partial charge in [-0.1, -0.05) is 134 Å². The minimum atomic E-state index is -0.171. The Hall–Kier alpha value is -5.22. The van der Waals surface area contributed by atoms with Crippen molar-refractivity contribution < 1.29 is 0 Å². The third-order valence-corrected chi connectivity index (χ3v) is 10.3. The molecule has 3 aromatic carbocycles. The lowest BCUT2D eigenvalue weighted by atomic mass is 9.74. The van der Waals surface area contributed by atoms with Gasteiger partial charge in [-0.3, -0.25) is 0 Å². The highest BCUT2D eigenvalue weighted by molar-refractivity contribution is 6.11. The highest BCUT2D eigenvalue weighted by atomic mass is 15.2. The fourth-order valence-corrected chi connectivity index (χ4v) is 7.85. The van der Waals surface area contributed by atoms with Crippen LogP contribution in [0.25, 0.3) is 0 Å². The number of nitrogens with one attached hydrogen (secondary N) is 1. The van der Waals surface area contributed by atoms with Crippen LogP contribution in [-0.2, 0) is 0 Å². The van der Waals surface area contributed by atoms with Crippen molar-refractivity contribution in [3.8, 4) is 0 Å². The van der Waals surface area contributed by atoms with E-state index in [-0.39, 0.29) is 18.0 Å². The Kier molecular flexibility index (Phi) is 9.19. The van der Waals surface area contributed by atoms with Crippen molar-refractivity contribution in [2.24, 2.45) is 33.7 Å². The molecular formula is C45H44N4. The maximum Gasteiger partial charge on any atom is 0.150 e. The predicted molar refractivity (Wildman–Crippen MR) is 205 cm³/mol. The molecule has 4 aliphatic carbocycles. The molecule has 1 heterocycles. The number of benzene rings is 3. The number of aliphatic imine (C=N–C) groups is 2. The number of rotatable bonds is 8. The van der Waals surface area contributed by atoms with E-state index in [9.17, 15) is 0 Å². The number of hydrogen-bond acceptors (Lipinski definition) is 4. The molecule has 4 nitrogen and oxygen atoms in total. The molecule has 0 bridgehead atoms. The Morgan fingerprint density at radius 3 is 1.96 bits per heavy atom. The molecular weight excluding hydrogens is 597 g/mol. The summed E-state index contributed by atoms with van der Waals surface area (Å²) in [6.45, 7) is 0. The molecule has 4 heteroatoms. The number of anilines is 2. The molecule has 8 rings (SSSR count). The van der Waals surface area contributed by atoms with Crippen molar-refractivity contribution in [1.29, 1.82) is 0 Å². The highest BCUT2D eigenvalue weighted by Crippen LogP contribution is 2.47. The van der Waals surface area contributed by atoms with Crippen molar-refractivity contribution in [3.05, 3.63) is 180 Å². The molecule has 0 saturated carbocycles. The minimum absolute atomic E-state index is 0.0941. The van der Waals surface area contributed by atoms with Gasteiger partial charge in [0.2, 0.25) is 0 Å². The van der Waals surface area contributed by atoms with Crippen LogP contribution in [0.15, 0.2) is 185 Å². The van der Waals surface area contributed by atoms with Crippen molar-refractivity contribution in [1.82, 2.24) is 5.32 Å². The predicted octanol–water partition coefficient (Wildman–Crippen LogP) is 10.4. The van der Waals surface area contributed by atoms with Crippen molar-refractivity contribution in [2.75, 3.05) is 4.90 Å². The second-order valence-electron chi connectivity index (χ2n) is 13.5. The Morgan fingerprint density at radius 1 is 0.633 bits per heavy atom. The first kappa shape index (κ1) is 31.1. The lowest BCUT2D eigenvalue weighted by Gasteiger charge is -2.40. The molecule has 5 atom stereocenters. The van der Waals surface area contributed by atoms with E-state index in [1.54, 1.807) is 0 Å². The lowest BCUT2D eigenvalue weighted by Crippen LogP contribution is -2.43. The number of para-hydroxylation sites is 2. The summed E-state index contributed by atoms with van der Waals surface area (Å²) in [5.74, 6) is 2.89. The van der Waals surface area contributed by atoms with Gasteiger partial charge < -0.3 is 10.2 Å². The van der Waals surface area contributed by atoms with E-state index in [0.29, 0.717) is 11.8 Å². The summed E-state index contributed by atoms with van der Waals surface area (Å²) in [5.41, 5.74) is 7.69. The first-order valence-corrected chi connectivity index (χ1v) is 18.0. The Bertz CT molecular complexity index is 1870. The van der Waals surface area contributed by atoms with E-state index in [4.69, 9.17) is 9.98 Å². The van der Waals surface area contributed by atoms with Gasteiger partial charge in [-0.15, -0.1) is 0 Å². The summed E-state index contributed by atoms with van der Waals surface area (Å²) in [4.78, 5) is 13.2. The maximum absolute atomic E-state index is 5.45. The largest absolute Gasteiger partial charge is 0.328 e. The zero-order chi connectivity index (χ0) is 32.8. The molecule has 0 amide bonds. The zero-order valence-corrected chi connectivity index (χ0v) is 28.0. The monoisotopic (exact) mass is 640 g/mol. The van der Waals surface area contributed by atoms with Gasteiger partial charge in [0.05, 0.1) is 0 Å². The lowest BCUT2D eigenvalue weighted by molar-refractivity contribution is 0.510. The summed E-state index contributed by atoms with van der Waals surface area (Å²) in [5, 5.41) is 3.79. The van der Waals surface area contributed by atoms with Crippen LogP contribution >= 0.6 is 0 Å². The normalized spacial score (nSPS) is 26.1. The molecule has 0 saturated heterocycles. The molecule has 1 aliphatic heterocycles. The zero-order valence-electron chi connectivity index (χ0n) is 28.0. The first-order chi connectivity index (χ1) is 24.3. The molecule has 0 spiro atoms. The molecule has 5 aliphatic rings. The van der Waals surface area contributed by atoms with Crippen LogP contribution in [0.3, 0.4) is 0 Å². The molecule has 1 N–H and O–H groups in total. The smallest absolute Gasteiger partial charge is 0.150 e. The van der Waals surface area contributed by atoms with Gasteiger partial charge >= 0.3 is 0 Å². The molecule has 3 aromatic rings. The fraction of sp³-hybridized carbons (Fsp3) is 0.244. The van der Waals surface area contributed by atoms with Crippen LogP contribution in [0.1, 0.15) is 44.1 Å². The Morgan fingerprint density at radius 2 is 1.33 bits per heavy atom. The van der Waals surface area contributed by atoms with E-state index in [0.717, 1.165) is 49.3 Å². The summed E-state index contributed by atoms with van der Waals surface area (Å²) >= 11 is 0. The standard InChI is InChI=1S/C45H44N4/c1-7-19-33(20-8-1)40-31-37(45-47-43(35-23-11-3-12-24-35)46-44(48-45)36-25-13-4-14-26-36)32-41(34-21-9-2-10-22-34)42(40)49(38-27-15-5-16-28-38)39-29-17-6-18-30-39/h1,3-9,11-19,21,23-25,27-30,32-34,36-37,44H,2,10,20,22,26,31H2,(H,46,47,48). The van der Waals surface area contributed by atoms with Gasteiger partial charge in [-0.25, -0.2) is 9.98 Å². The molecule has 0 aromatic heterocycles. The maximum atomic E-state index is 5.45. The second kappa shape index (κ2) is 14.5. The average Bonchev–Trinajstić information content (AvgIpc) is 3.20. The highest BCUT2D eigenvalue weighted by Gasteiger charge is 2.37. The van der Waals surface area contributed by atoms with Gasteiger partial charge in [-0.05, 0) is 73.9 Å². The summed E-state index contributed by atoms with van der Waals surface area (Å²) < 4.78 is 0. The van der Waals surface area contributed by atoms with Crippen molar-refractivity contribution in [3.63, 3.8) is 0 Å². The van der Waals surface area contributed by atoms with Gasteiger partial charge in [0.1, 0.15) is 11.7 Å². The Labute approximate surface area is 291 Å². The fourth-order valence-electron chi connectivity index (χ4n) is 7.85. The molecule has 244 valence electrons. The van der Waals surface area contributed by atoms with Crippen LogP contribution in [-0.4, -0.2) is 17.8 Å². The number of allylic oxidation sites excluding steroid dienone is 11. The second-order valence-corrected chi connectivity index (χ2v) is 13.5. The van der Waals surface area contributed by atoms with Crippen LogP contribution in [0.2, 0.25) is 0 Å². The number of nitrogens with zero attached hydrogens (tertiary/aromatic N) is 3. The van der Waals surface area contributed by atoms with E-state index in [2.05, 4.69) is 168 Å². The number of amidine groups is 2. The summed E-state index contributed by atoms with van der Waals surface area (Å²) in [6, 6.07) is 32.4. The van der Waals surface area contributed by atoms with E-state index in [1.165, 1.54) is 34.6 Å². The summed E-state index contributed by atoms with van der Waals surface area (Å²) in [7, 11) is 0. The molecule has 49 heavy (non-hydrogen) atoms. The van der Waals surface area contributed by atoms with Gasteiger partial charge in [0.15, 0.2) is 6.17 Å². The quantitative estimate of drug-likeness (QED) is 0.249. The van der Waals surface area contributed by atoms with E-state index in [1.807, 2.05) is 0 Å². The minimum Gasteiger partial charge on any atom is -0.328 e. The molecule has 5 unspecified atom stereocenters. The van der Waals surface area contributed by atoms with Crippen LogP contribution < -0.4 is 10.2 Å². The first-order valence-electron chi connectivity index (χ1n) is 18.0. The molecule has 0 radical (unpaired) electrons. The Balaban J connectivity index is 1.29. The van der Waals surface area contributed by atoms with Crippen molar-refractivity contribution in [2.45, 2.75) is 44.7 Å². The van der Waals surface area contributed by atoms with E-state index < -0.39 is 0 Å². The summed E-state index contributed by atoms with van der Waals surface area (Å²) in [6.07, 6.45) is 31.5. The topological polar surface area (TPSA) is 40.0 Å². The van der Waals surface area contributed by atoms with Gasteiger partial charge in [0.25, 0.3) is 0 Å². The van der Waals surface area contributed by atoms with E-state index >= 15 is 0 Å². The van der Waals surface area contributed by atoms with Crippen molar-refractivity contribution >= 4 is 23.0 Å². The van der Waals surface area contributed by atoms with Gasteiger partial charge in [-0.2, -0.15) is 0 Å². The third kappa shape index (κ3) is 6.73. The van der Waals surface area contributed by atoms with Crippen LogP contribution in [0, 0.1) is 23.7 Å². The average molecular weight is 641 g/mol. The van der Waals surface area contributed by atoms with Crippen LogP contribution in [0.5, 0.6) is 0 Å².